The van der Waals surface area contributed by atoms with E-state index in [1.807, 2.05) is 0 Å². The van der Waals surface area contributed by atoms with Gasteiger partial charge in [0.15, 0.2) is 0 Å². The van der Waals surface area contributed by atoms with Crippen LogP contribution in [-0.4, -0.2) is 9.79 Å². The maximum Gasteiger partial charge on any atom is 0.116 e. The molecule has 182 valence electrons. The first-order chi connectivity index (χ1) is 16.6. The molecule has 0 unspecified atom stereocenters. The molecule has 35 heavy (non-hydrogen) atoms. The zero-order chi connectivity index (χ0) is 25.4. The molecule has 0 atom stereocenters. The van der Waals surface area contributed by atoms with Crippen molar-refractivity contribution in [3.05, 3.63) is 127 Å². The maximum absolute atomic E-state index is 9.57. The van der Waals surface area contributed by atoms with Gasteiger partial charge in [0.2, 0.25) is 0 Å². The molecule has 0 radical (unpaired) electrons. The molecule has 0 aliphatic carbocycles. The maximum atomic E-state index is 9.57. The predicted molar refractivity (Wildman–Crippen MR) is 130 cm³/mol. The summed E-state index contributed by atoms with van der Waals surface area (Å²) in [6.07, 6.45) is 1.03. The van der Waals surface area contributed by atoms with E-state index >= 15 is 0 Å². The van der Waals surface area contributed by atoms with Gasteiger partial charge in [-0.05, 0) is 42.0 Å². The minimum atomic E-state index is -6.44. The first kappa shape index (κ1) is 27.3. The summed E-state index contributed by atoms with van der Waals surface area (Å²) in [6.45, 7) is 0. The molecule has 0 bridgehead atoms. The summed E-state index contributed by atoms with van der Waals surface area (Å²) in [5.74, 6) is 0. The minimum absolute atomic E-state index is 1.03. The molecular weight excluding hydrogens is 658 g/mol. The third-order valence-corrected chi connectivity index (χ3v) is 13.9. The van der Waals surface area contributed by atoms with Crippen LogP contribution >= 0.6 is 15.1 Å². The fraction of sp³-hybridized carbons (Fsp3) is 0.0400. The summed E-state index contributed by atoms with van der Waals surface area (Å²) < 4.78 is 40.9. The Morgan fingerprint density at radius 1 is 0.657 bits per heavy atom. The van der Waals surface area contributed by atoms with Crippen molar-refractivity contribution < 1.29 is 44.8 Å². The number of hydrogen-bond acceptors (Lipinski definition) is 5. The third-order valence-electron chi connectivity index (χ3n) is 5.04. The second-order valence-corrected chi connectivity index (χ2v) is 16.6. The molecule has 10 heteroatoms. The molecule has 4 aromatic carbocycles. The Bertz CT molecular complexity index is 1250. The van der Waals surface area contributed by atoms with Gasteiger partial charge < -0.3 is 0 Å². The van der Waals surface area contributed by atoms with E-state index in [0.29, 0.717) is 0 Å². The van der Waals surface area contributed by atoms with Gasteiger partial charge in [-0.2, -0.15) is 0 Å². The summed E-state index contributed by atoms with van der Waals surface area (Å²) in [5.41, 5.74) is 1.39. The number of benzene rings is 4. The number of hydrogen-bond donors (Lipinski definition) is 2. The molecule has 2 N–H and O–H groups in total. The van der Waals surface area contributed by atoms with Gasteiger partial charge in [-0.25, -0.2) is 0 Å². The van der Waals surface area contributed by atoms with E-state index in [-0.39, 0.29) is 0 Å². The number of rotatable bonds is 7. The summed E-state index contributed by atoms with van der Waals surface area (Å²) in [6, 6.07) is 44.0. The largest absolute Gasteiger partial charge is 0.116 e. The third kappa shape index (κ3) is 8.10. The van der Waals surface area contributed by atoms with Crippen LogP contribution in [0.1, 0.15) is 5.56 Å². The fourth-order valence-electron chi connectivity index (χ4n) is 3.74. The molecule has 0 aliphatic heterocycles. The average molecular weight is 682 g/mol. The van der Waals surface area contributed by atoms with Crippen LogP contribution in [-0.2, 0) is 37.4 Å². The molecule has 0 heterocycles. The van der Waals surface area contributed by atoms with Crippen molar-refractivity contribution in [2.45, 2.75) is 6.16 Å². The summed E-state index contributed by atoms with van der Waals surface area (Å²) in [4.78, 5) is 15.4. The van der Waals surface area contributed by atoms with Crippen LogP contribution in [0.3, 0.4) is 0 Å². The number of phosphoric acid groups is 1. The molecule has 4 rings (SSSR count). The molecule has 0 spiro atoms. The van der Waals surface area contributed by atoms with Crippen molar-refractivity contribution in [1.82, 2.24) is 0 Å². The van der Waals surface area contributed by atoms with Crippen molar-refractivity contribution in [1.29, 1.82) is 0 Å². The van der Waals surface area contributed by atoms with Gasteiger partial charge in [0.25, 0.3) is 0 Å². The Morgan fingerprint density at radius 3 is 1.23 bits per heavy atom. The van der Waals surface area contributed by atoms with E-state index < -0.39 is 31.8 Å². The Morgan fingerprint density at radius 2 is 0.971 bits per heavy atom. The quantitative estimate of drug-likeness (QED) is 0.287. The fourth-order valence-corrected chi connectivity index (χ4v) is 10.8. The summed E-state index contributed by atoms with van der Waals surface area (Å²) >= 11 is -6.44. The minimum Gasteiger partial charge on any atom is -0.0622 e. The Balaban J connectivity index is 0.000000327. The van der Waals surface area contributed by atoms with E-state index in [1.54, 1.807) is 0 Å². The van der Waals surface area contributed by atoms with Gasteiger partial charge in [0, 0.05) is 0 Å². The standard InChI is InChI=1S/C25H22P.H3O4P.3O.W/c1-5-13-22(14-6-1)21-26(23-15-7-2-8-16-23,24-17-9-3-10-18-24)25-19-11-4-12-20-25;1-5(2,3)4;;;;/h1-20H,21H2;(H3,1,2,3,4);;;;/q+1;;;;-1;+1/p-1. The predicted octanol–water partition coefficient (Wildman–Crippen LogP) is 3.31. The molecule has 0 fully saturated rings. The zero-order valence-electron chi connectivity index (χ0n) is 18.5. The monoisotopic (exact) mass is 682 g/mol. The van der Waals surface area contributed by atoms with E-state index in [9.17, 15) is 15.1 Å². The first-order valence-electron chi connectivity index (χ1n) is 10.4. The topological polar surface area (TPSA) is 124 Å². The van der Waals surface area contributed by atoms with Crippen molar-refractivity contribution in [3.8, 4) is 0 Å². The van der Waals surface area contributed by atoms with Crippen molar-refractivity contribution >= 4 is 31.0 Å². The first-order valence-corrected chi connectivity index (χ1v) is 18.7. The van der Waals surface area contributed by atoms with Crippen LogP contribution in [0.4, 0.5) is 0 Å². The molecule has 0 amide bonds. The molecule has 7 nitrogen and oxygen atoms in total. The summed E-state index contributed by atoms with van der Waals surface area (Å²) in [7, 11) is -6.91. The van der Waals surface area contributed by atoms with Crippen LogP contribution in [0.5, 0.6) is 0 Å². The van der Waals surface area contributed by atoms with Gasteiger partial charge in [-0.1, -0.05) is 84.9 Å². The molecule has 0 saturated heterocycles. The van der Waals surface area contributed by atoms with E-state index in [4.69, 9.17) is 9.79 Å². The van der Waals surface area contributed by atoms with Crippen molar-refractivity contribution in [2.24, 2.45) is 0 Å². The zero-order valence-corrected chi connectivity index (χ0v) is 23.2. The van der Waals surface area contributed by atoms with Gasteiger partial charge in [0.05, 0.1) is 6.16 Å². The molecule has 4 aromatic rings. The second kappa shape index (κ2) is 12.1. The van der Waals surface area contributed by atoms with Gasteiger partial charge in [-0.3, -0.25) is 0 Å². The smallest absolute Gasteiger partial charge is 0.0622 e. The molecule has 0 saturated carbocycles. The van der Waals surface area contributed by atoms with Crippen LogP contribution in [0, 0.1) is 0 Å². The normalized spacial score (nSPS) is 11.9. The van der Waals surface area contributed by atoms with Gasteiger partial charge >= 0.3 is 52.7 Å². The van der Waals surface area contributed by atoms with Crippen LogP contribution in [0.2, 0.25) is 0 Å². The average Bonchev–Trinajstić information content (AvgIpc) is 2.83. The Hall–Kier alpha value is -2.33. The van der Waals surface area contributed by atoms with Gasteiger partial charge in [-0.15, -0.1) is 0 Å². The second-order valence-electron chi connectivity index (χ2n) is 7.43. The Labute approximate surface area is 208 Å². The van der Waals surface area contributed by atoms with Crippen LogP contribution < -0.4 is 19.7 Å². The van der Waals surface area contributed by atoms with Crippen LogP contribution in [0.25, 0.3) is 0 Å². The summed E-state index contributed by atoms with van der Waals surface area (Å²) in [5, 5.41) is 4.30. The van der Waals surface area contributed by atoms with Crippen LogP contribution in [0.15, 0.2) is 121 Å². The SMILES string of the molecule is O=P(O)(O)[O][W](=[O])(=[O])[O-].c1ccc(C[P+](c2ccccc2)(c2ccccc2)c2ccccc2)cc1. The molecule has 0 aliphatic rings. The van der Waals surface area contributed by atoms with E-state index in [2.05, 4.69) is 125 Å². The van der Waals surface area contributed by atoms with Crippen molar-refractivity contribution in [2.75, 3.05) is 0 Å². The van der Waals surface area contributed by atoms with E-state index in [0.717, 1.165) is 6.16 Å². The van der Waals surface area contributed by atoms with E-state index in [1.165, 1.54) is 21.5 Å². The molecular formula is C25H24O7P2W. The van der Waals surface area contributed by atoms with Crippen molar-refractivity contribution in [3.63, 3.8) is 0 Å². The van der Waals surface area contributed by atoms with Gasteiger partial charge in [0.1, 0.15) is 23.2 Å². The Kier molecular flexibility index (Phi) is 9.40. The molecule has 0 aromatic heterocycles.